The molecule has 0 aliphatic rings. The summed E-state index contributed by atoms with van der Waals surface area (Å²) in [5.41, 5.74) is 3.93. The smallest absolute Gasteiger partial charge is 0.266 e. The molecule has 3 aromatic carbocycles. The number of rotatable bonds is 7. The largest absolute Gasteiger partial charge is 0.379 e. The predicted octanol–water partition coefficient (Wildman–Crippen LogP) is 6.14. The zero-order chi connectivity index (χ0) is 22.3. The third-order valence-electron chi connectivity index (χ3n) is 5.05. The second kappa shape index (κ2) is 10.2. The van der Waals surface area contributed by atoms with E-state index in [0.29, 0.717) is 16.4 Å². The highest BCUT2D eigenvalue weighted by Crippen LogP contribution is 2.25. The molecule has 0 bridgehead atoms. The van der Waals surface area contributed by atoms with Crippen LogP contribution in [0.25, 0.3) is 23.0 Å². The van der Waals surface area contributed by atoms with E-state index in [4.69, 9.17) is 4.98 Å². The Labute approximate surface area is 192 Å². The number of hydrogen-bond donors (Lipinski definition) is 1. The minimum Gasteiger partial charge on any atom is -0.379 e. The maximum Gasteiger partial charge on any atom is 0.266 e. The lowest BCUT2D eigenvalue weighted by molar-refractivity contribution is 0.798. The highest BCUT2D eigenvalue weighted by Gasteiger charge is 2.17. The molecule has 1 unspecified atom stereocenters. The maximum atomic E-state index is 13.8. The molecule has 0 radical (unpaired) electrons. The fraction of sp³-hybridized carbons (Fsp3) is 0.111. The number of nitrogens with one attached hydrogen (secondary N) is 1. The van der Waals surface area contributed by atoms with Crippen LogP contribution in [0.3, 0.4) is 0 Å². The number of thioether (sulfide) groups is 1. The van der Waals surface area contributed by atoms with Crippen molar-refractivity contribution in [2.45, 2.75) is 18.1 Å². The number of hydrogen-bond acceptors (Lipinski definition) is 4. The Hall–Kier alpha value is -3.57. The third kappa shape index (κ3) is 4.84. The van der Waals surface area contributed by atoms with Gasteiger partial charge < -0.3 is 5.32 Å². The van der Waals surface area contributed by atoms with Gasteiger partial charge in [0.15, 0.2) is 5.16 Å². The van der Waals surface area contributed by atoms with E-state index in [2.05, 4.69) is 12.2 Å². The van der Waals surface area contributed by atoms with Gasteiger partial charge in [0.2, 0.25) is 0 Å². The van der Waals surface area contributed by atoms with Crippen molar-refractivity contribution < 1.29 is 0 Å². The molecule has 1 N–H and O–H groups in total. The van der Waals surface area contributed by atoms with Crippen LogP contribution in [0.15, 0.2) is 107 Å². The van der Waals surface area contributed by atoms with Crippen LogP contribution < -0.4 is 10.9 Å². The standard InChI is InChI=1S/C27H25N3OS/c1-20(28-22-14-8-4-9-15-22)18-19-24-25(21-12-6-3-7-13-21)29-27(32-2)30(26(24)31)23-16-10-5-11-17-23/h3-20,28H,1-2H3/b19-18+. The number of nitrogens with zero attached hydrogens (tertiary/aromatic N) is 2. The molecule has 1 aromatic heterocycles. The van der Waals surface area contributed by atoms with Crippen LogP contribution >= 0.6 is 11.8 Å². The lowest BCUT2D eigenvalue weighted by Crippen LogP contribution is -2.25. The Balaban J connectivity index is 1.82. The lowest BCUT2D eigenvalue weighted by atomic mass is 10.1. The van der Waals surface area contributed by atoms with Crippen molar-refractivity contribution in [1.82, 2.24) is 9.55 Å². The van der Waals surface area contributed by atoms with Crippen LogP contribution in [-0.4, -0.2) is 21.8 Å². The normalized spacial score (nSPS) is 12.1. The molecule has 0 spiro atoms. The predicted molar refractivity (Wildman–Crippen MR) is 136 cm³/mol. The SMILES string of the molecule is CSc1nc(-c2ccccc2)c(/C=C/C(C)Nc2ccccc2)c(=O)n1-c1ccccc1. The summed E-state index contributed by atoms with van der Waals surface area (Å²) in [5, 5.41) is 4.10. The van der Waals surface area contributed by atoms with Gasteiger partial charge >= 0.3 is 0 Å². The van der Waals surface area contributed by atoms with Gasteiger partial charge in [-0.1, -0.05) is 84.6 Å². The van der Waals surface area contributed by atoms with Crippen LogP contribution in [0.1, 0.15) is 12.5 Å². The molecule has 5 heteroatoms. The molecule has 1 heterocycles. The first kappa shape index (κ1) is 21.7. The van der Waals surface area contributed by atoms with Crippen LogP contribution in [0.4, 0.5) is 5.69 Å². The molecule has 32 heavy (non-hydrogen) atoms. The minimum absolute atomic E-state index is 0.0332. The first-order valence-corrected chi connectivity index (χ1v) is 11.7. The van der Waals surface area contributed by atoms with Crippen molar-refractivity contribution in [2.75, 3.05) is 11.6 Å². The van der Waals surface area contributed by atoms with Crippen molar-refractivity contribution in [3.8, 4) is 16.9 Å². The quantitative estimate of drug-likeness (QED) is 0.278. The molecule has 160 valence electrons. The summed E-state index contributed by atoms with van der Waals surface area (Å²) in [6, 6.07) is 29.6. The van der Waals surface area contributed by atoms with Gasteiger partial charge in [0.1, 0.15) is 0 Å². The van der Waals surface area contributed by atoms with Crippen LogP contribution in [0, 0.1) is 0 Å². The van der Waals surface area contributed by atoms with E-state index in [1.807, 2.05) is 109 Å². The number of anilines is 1. The first-order chi connectivity index (χ1) is 15.7. The van der Waals surface area contributed by atoms with E-state index in [1.165, 1.54) is 11.8 Å². The Morgan fingerprint density at radius 3 is 2.12 bits per heavy atom. The van der Waals surface area contributed by atoms with Gasteiger partial charge in [0.25, 0.3) is 5.56 Å². The maximum absolute atomic E-state index is 13.8. The first-order valence-electron chi connectivity index (χ1n) is 10.5. The summed E-state index contributed by atoms with van der Waals surface area (Å²) in [6.07, 6.45) is 5.84. The summed E-state index contributed by atoms with van der Waals surface area (Å²) < 4.78 is 1.69. The minimum atomic E-state index is -0.0856. The average Bonchev–Trinajstić information content (AvgIpc) is 2.84. The Morgan fingerprint density at radius 1 is 0.906 bits per heavy atom. The van der Waals surface area contributed by atoms with Gasteiger partial charge in [-0.25, -0.2) is 4.98 Å². The molecule has 4 rings (SSSR count). The van der Waals surface area contributed by atoms with Crippen molar-refractivity contribution in [3.05, 3.63) is 113 Å². The molecule has 4 nitrogen and oxygen atoms in total. The van der Waals surface area contributed by atoms with Gasteiger partial charge in [-0.3, -0.25) is 9.36 Å². The molecule has 0 fully saturated rings. The Kier molecular flexibility index (Phi) is 6.87. The summed E-state index contributed by atoms with van der Waals surface area (Å²) in [6.45, 7) is 2.06. The summed E-state index contributed by atoms with van der Waals surface area (Å²) >= 11 is 1.46. The van der Waals surface area contributed by atoms with Crippen LogP contribution in [0.5, 0.6) is 0 Å². The Bertz CT molecular complexity index is 1250. The summed E-state index contributed by atoms with van der Waals surface area (Å²) in [7, 11) is 0. The van der Waals surface area contributed by atoms with E-state index in [0.717, 1.165) is 16.9 Å². The fourth-order valence-corrected chi connectivity index (χ4v) is 4.06. The van der Waals surface area contributed by atoms with Crippen molar-refractivity contribution in [1.29, 1.82) is 0 Å². The molecule has 0 aliphatic carbocycles. The monoisotopic (exact) mass is 439 g/mol. The number of aromatic nitrogens is 2. The van der Waals surface area contributed by atoms with Crippen molar-refractivity contribution in [2.24, 2.45) is 0 Å². The van der Waals surface area contributed by atoms with Gasteiger partial charge in [-0.05, 0) is 43.5 Å². The van der Waals surface area contributed by atoms with Crippen molar-refractivity contribution in [3.63, 3.8) is 0 Å². The zero-order valence-electron chi connectivity index (χ0n) is 18.1. The fourth-order valence-electron chi connectivity index (χ4n) is 3.51. The molecular formula is C27H25N3OS. The van der Waals surface area contributed by atoms with E-state index in [9.17, 15) is 4.79 Å². The topological polar surface area (TPSA) is 46.9 Å². The number of para-hydroxylation sites is 2. The van der Waals surface area contributed by atoms with E-state index in [-0.39, 0.29) is 11.6 Å². The molecule has 0 saturated heterocycles. The van der Waals surface area contributed by atoms with Crippen LogP contribution in [-0.2, 0) is 0 Å². The zero-order valence-corrected chi connectivity index (χ0v) is 18.9. The molecule has 1 atom stereocenters. The molecule has 4 aromatic rings. The summed E-state index contributed by atoms with van der Waals surface area (Å²) in [4.78, 5) is 18.7. The van der Waals surface area contributed by atoms with Crippen LogP contribution in [0.2, 0.25) is 0 Å². The third-order valence-corrected chi connectivity index (χ3v) is 5.69. The molecule has 0 aliphatic heterocycles. The Morgan fingerprint density at radius 2 is 1.50 bits per heavy atom. The highest BCUT2D eigenvalue weighted by molar-refractivity contribution is 7.98. The van der Waals surface area contributed by atoms with E-state index < -0.39 is 0 Å². The van der Waals surface area contributed by atoms with Gasteiger partial charge in [-0.2, -0.15) is 0 Å². The summed E-state index contributed by atoms with van der Waals surface area (Å²) in [5.74, 6) is 0. The highest BCUT2D eigenvalue weighted by atomic mass is 32.2. The van der Waals surface area contributed by atoms with Crippen molar-refractivity contribution >= 4 is 23.5 Å². The van der Waals surface area contributed by atoms with Gasteiger partial charge in [-0.15, -0.1) is 0 Å². The lowest BCUT2D eigenvalue weighted by Gasteiger charge is -2.16. The van der Waals surface area contributed by atoms with E-state index in [1.54, 1.807) is 4.57 Å². The van der Waals surface area contributed by atoms with Gasteiger partial charge in [0, 0.05) is 17.3 Å². The molecule has 0 saturated carbocycles. The number of benzene rings is 3. The van der Waals surface area contributed by atoms with Gasteiger partial charge in [0.05, 0.1) is 16.9 Å². The average molecular weight is 440 g/mol. The second-order valence-corrected chi connectivity index (χ2v) is 8.13. The van der Waals surface area contributed by atoms with E-state index >= 15 is 0 Å². The molecular weight excluding hydrogens is 414 g/mol. The second-order valence-electron chi connectivity index (χ2n) is 7.36. The molecule has 0 amide bonds.